The summed E-state index contributed by atoms with van der Waals surface area (Å²) in [6, 6.07) is 1.36. The molecule has 1 aromatic heterocycles. The average molecular weight is 282 g/mol. The summed E-state index contributed by atoms with van der Waals surface area (Å²) in [5.74, 6) is -0.965. The molecule has 0 radical (unpaired) electrons. The third-order valence-electron chi connectivity index (χ3n) is 2.25. The largest absolute Gasteiger partial charge is 0.451 e. The Bertz CT molecular complexity index is 390. The lowest BCUT2D eigenvalue weighted by Crippen LogP contribution is -2.27. The van der Waals surface area contributed by atoms with Crippen LogP contribution in [0.25, 0.3) is 0 Å². The summed E-state index contributed by atoms with van der Waals surface area (Å²) in [4.78, 5) is 8.54. The molecule has 0 saturated carbocycles. The molecule has 0 fully saturated rings. The number of hydrogen-bond donors (Lipinski definition) is 0. The van der Waals surface area contributed by atoms with Crippen LogP contribution in [-0.2, 0) is 6.18 Å². The van der Waals surface area contributed by atoms with Crippen LogP contribution in [0.5, 0.6) is 0 Å². The van der Waals surface area contributed by atoms with E-state index in [2.05, 4.69) is 9.97 Å². The standard InChI is InChI=1S/C11H15ClF3N3/c1-3-5-18(6-4-2)9-7-8(12)16-10(17-9)11(13,14)15/h7H,3-6H2,1-2H3. The smallest absolute Gasteiger partial charge is 0.356 e. The lowest BCUT2D eigenvalue weighted by Gasteiger charge is -2.23. The highest BCUT2D eigenvalue weighted by Crippen LogP contribution is 2.29. The molecule has 0 bridgehead atoms. The molecular weight excluding hydrogens is 267 g/mol. The van der Waals surface area contributed by atoms with Crippen LogP contribution in [0.2, 0.25) is 5.15 Å². The molecule has 0 aliphatic rings. The Kier molecular flexibility index (Phi) is 5.19. The maximum absolute atomic E-state index is 12.6. The summed E-state index contributed by atoms with van der Waals surface area (Å²) < 4.78 is 37.7. The first kappa shape index (κ1) is 15.0. The molecule has 0 aliphatic heterocycles. The van der Waals surface area contributed by atoms with E-state index in [1.54, 1.807) is 4.90 Å². The SMILES string of the molecule is CCCN(CCC)c1cc(Cl)nc(C(F)(F)F)n1. The van der Waals surface area contributed by atoms with Crippen molar-refractivity contribution in [2.75, 3.05) is 18.0 Å². The zero-order valence-electron chi connectivity index (χ0n) is 10.3. The molecule has 0 N–H and O–H groups in total. The number of hydrogen-bond acceptors (Lipinski definition) is 3. The van der Waals surface area contributed by atoms with E-state index in [4.69, 9.17) is 11.6 Å². The summed E-state index contributed by atoms with van der Waals surface area (Å²) in [7, 11) is 0. The van der Waals surface area contributed by atoms with Gasteiger partial charge in [0.15, 0.2) is 0 Å². The van der Waals surface area contributed by atoms with Gasteiger partial charge in [-0.05, 0) is 12.8 Å². The van der Waals surface area contributed by atoms with Gasteiger partial charge in [-0.15, -0.1) is 0 Å². The molecule has 0 unspecified atom stereocenters. The number of halogens is 4. The molecule has 0 aromatic carbocycles. The summed E-state index contributed by atoms with van der Waals surface area (Å²) in [6.07, 6.45) is -2.93. The number of nitrogens with zero attached hydrogens (tertiary/aromatic N) is 3. The van der Waals surface area contributed by atoms with Gasteiger partial charge in [-0.3, -0.25) is 0 Å². The van der Waals surface area contributed by atoms with Gasteiger partial charge in [0, 0.05) is 19.2 Å². The van der Waals surface area contributed by atoms with Gasteiger partial charge in [-0.1, -0.05) is 25.4 Å². The molecule has 3 nitrogen and oxygen atoms in total. The number of anilines is 1. The van der Waals surface area contributed by atoms with E-state index < -0.39 is 12.0 Å². The third-order valence-corrected chi connectivity index (χ3v) is 2.44. The van der Waals surface area contributed by atoms with Gasteiger partial charge in [-0.25, -0.2) is 9.97 Å². The minimum absolute atomic E-state index is 0.190. The first-order chi connectivity index (χ1) is 8.38. The molecular formula is C11H15ClF3N3. The second-order valence-electron chi connectivity index (χ2n) is 3.86. The van der Waals surface area contributed by atoms with Gasteiger partial charge in [-0.2, -0.15) is 13.2 Å². The topological polar surface area (TPSA) is 29.0 Å². The first-order valence-corrected chi connectivity index (χ1v) is 6.13. The zero-order chi connectivity index (χ0) is 13.8. The summed E-state index contributed by atoms with van der Waals surface area (Å²) in [6.45, 7) is 5.18. The molecule has 18 heavy (non-hydrogen) atoms. The number of aromatic nitrogens is 2. The molecule has 1 rings (SSSR count). The Labute approximate surface area is 109 Å². The van der Waals surface area contributed by atoms with Gasteiger partial charge < -0.3 is 4.90 Å². The molecule has 0 aliphatic carbocycles. The summed E-state index contributed by atoms with van der Waals surface area (Å²) >= 11 is 5.62. The quantitative estimate of drug-likeness (QED) is 0.769. The van der Waals surface area contributed by atoms with Crippen LogP contribution in [-0.4, -0.2) is 23.1 Å². The fourth-order valence-corrected chi connectivity index (χ4v) is 1.75. The Balaban J connectivity index is 3.10. The molecule has 0 spiro atoms. The normalized spacial score (nSPS) is 11.7. The number of alkyl halides is 3. The maximum Gasteiger partial charge on any atom is 0.451 e. The maximum atomic E-state index is 12.6. The lowest BCUT2D eigenvalue weighted by molar-refractivity contribution is -0.144. The number of rotatable bonds is 5. The molecule has 1 heterocycles. The fraction of sp³-hybridized carbons (Fsp3) is 0.636. The van der Waals surface area contributed by atoms with Crippen LogP contribution < -0.4 is 4.90 Å². The minimum atomic E-state index is -4.58. The van der Waals surface area contributed by atoms with E-state index in [-0.39, 0.29) is 11.0 Å². The Morgan fingerprint density at radius 2 is 1.72 bits per heavy atom. The Hall–Kier alpha value is -1.04. The van der Waals surface area contributed by atoms with Gasteiger partial charge in [0.1, 0.15) is 11.0 Å². The van der Waals surface area contributed by atoms with Gasteiger partial charge in [0.2, 0.25) is 5.82 Å². The van der Waals surface area contributed by atoms with Crippen molar-refractivity contribution >= 4 is 17.4 Å². The molecule has 1 aromatic rings. The molecule has 0 atom stereocenters. The second-order valence-corrected chi connectivity index (χ2v) is 4.24. The summed E-state index contributed by atoms with van der Waals surface area (Å²) in [5, 5.41) is -0.190. The van der Waals surface area contributed by atoms with Gasteiger partial charge in [0.25, 0.3) is 0 Å². The van der Waals surface area contributed by atoms with Gasteiger partial charge in [0.05, 0.1) is 0 Å². The van der Waals surface area contributed by atoms with Crippen LogP contribution >= 0.6 is 11.6 Å². The van der Waals surface area contributed by atoms with Crippen LogP contribution in [0.4, 0.5) is 19.0 Å². The van der Waals surface area contributed by atoms with Crippen LogP contribution in [0, 0.1) is 0 Å². The summed E-state index contributed by atoms with van der Waals surface area (Å²) in [5.41, 5.74) is 0. The van der Waals surface area contributed by atoms with Crippen molar-refractivity contribution in [1.29, 1.82) is 0 Å². The van der Waals surface area contributed by atoms with E-state index in [0.29, 0.717) is 13.1 Å². The van der Waals surface area contributed by atoms with Crippen molar-refractivity contribution in [2.24, 2.45) is 0 Å². The second kappa shape index (κ2) is 6.22. The molecule has 102 valence electrons. The highest BCUT2D eigenvalue weighted by Gasteiger charge is 2.35. The predicted octanol–water partition coefficient (Wildman–Crippen LogP) is 3.78. The Morgan fingerprint density at radius 3 is 2.17 bits per heavy atom. The van der Waals surface area contributed by atoms with Crippen molar-refractivity contribution < 1.29 is 13.2 Å². The molecule has 7 heteroatoms. The average Bonchev–Trinajstić information content (AvgIpc) is 2.27. The molecule has 0 saturated heterocycles. The van der Waals surface area contributed by atoms with E-state index in [1.807, 2.05) is 13.8 Å². The zero-order valence-corrected chi connectivity index (χ0v) is 11.0. The highest BCUT2D eigenvalue weighted by molar-refractivity contribution is 6.29. The highest BCUT2D eigenvalue weighted by atomic mass is 35.5. The van der Waals surface area contributed by atoms with Crippen LogP contribution in [0.15, 0.2) is 6.07 Å². The van der Waals surface area contributed by atoms with E-state index in [1.165, 1.54) is 6.07 Å². The van der Waals surface area contributed by atoms with E-state index in [9.17, 15) is 13.2 Å². The third kappa shape index (κ3) is 4.01. The van der Waals surface area contributed by atoms with Crippen molar-refractivity contribution in [2.45, 2.75) is 32.9 Å². The van der Waals surface area contributed by atoms with Crippen LogP contribution in [0.3, 0.4) is 0 Å². The van der Waals surface area contributed by atoms with Crippen LogP contribution in [0.1, 0.15) is 32.5 Å². The molecule has 0 amide bonds. The lowest BCUT2D eigenvalue weighted by atomic mass is 10.3. The minimum Gasteiger partial charge on any atom is -0.356 e. The van der Waals surface area contributed by atoms with Crippen molar-refractivity contribution in [3.8, 4) is 0 Å². The van der Waals surface area contributed by atoms with Crippen molar-refractivity contribution in [3.05, 3.63) is 17.0 Å². The predicted molar refractivity (Wildman–Crippen MR) is 64.8 cm³/mol. The first-order valence-electron chi connectivity index (χ1n) is 5.75. The van der Waals surface area contributed by atoms with E-state index >= 15 is 0 Å². The van der Waals surface area contributed by atoms with Crippen molar-refractivity contribution in [1.82, 2.24) is 9.97 Å². The van der Waals surface area contributed by atoms with Crippen molar-refractivity contribution in [3.63, 3.8) is 0 Å². The Morgan fingerprint density at radius 1 is 1.17 bits per heavy atom. The van der Waals surface area contributed by atoms with E-state index in [0.717, 1.165) is 12.8 Å². The fourth-order valence-electron chi connectivity index (χ4n) is 1.58. The monoisotopic (exact) mass is 281 g/mol. The van der Waals surface area contributed by atoms with Gasteiger partial charge >= 0.3 is 6.18 Å².